The topological polar surface area (TPSA) is 104 Å². The second kappa shape index (κ2) is 8.86. The molecule has 0 radical (unpaired) electrons. The first kappa shape index (κ1) is 26.1. The van der Waals surface area contributed by atoms with Crippen LogP contribution in [0.4, 0.5) is 0 Å². The monoisotopic (exact) mass is 534 g/mol. The molecule has 8 heteroatoms. The fraction of sp³-hybridized carbons (Fsp3) is 0.967. The number of ether oxygens (including phenoxy) is 5. The molecule has 214 valence electrons. The first-order valence-corrected chi connectivity index (χ1v) is 15.2. The van der Waals surface area contributed by atoms with Crippen molar-refractivity contribution in [2.45, 2.75) is 134 Å². The van der Waals surface area contributed by atoms with Gasteiger partial charge in [0.2, 0.25) is 6.29 Å². The van der Waals surface area contributed by atoms with Gasteiger partial charge < -0.3 is 33.9 Å². The fourth-order valence-corrected chi connectivity index (χ4v) is 11.1. The lowest BCUT2D eigenvalue weighted by atomic mass is 9.42. The van der Waals surface area contributed by atoms with Crippen LogP contribution in [-0.2, 0) is 28.5 Å². The molecule has 8 nitrogen and oxygen atoms in total. The minimum atomic E-state index is -1.02. The smallest absolute Gasteiger partial charge is 0.308 e. The summed E-state index contributed by atoms with van der Waals surface area (Å²) < 4.78 is 30.4. The van der Waals surface area contributed by atoms with E-state index in [1.54, 1.807) is 6.92 Å². The van der Waals surface area contributed by atoms with E-state index in [9.17, 15) is 15.0 Å². The minimum absolute atomic E-state index is 0.0247. The summed E-state index contributed by atoms with van der Waals surface area (Å²) in [4.78, 5) is 12.2. The number of aliphatic hydroxyl groups is 2. The molecular weight excluding hydrogens is 488 g/mol. The van der Waals surface area contributed by atoms with Crippen molar-refractivity contribution in [1.82, 2.24) is 0 Å². The average molecular weight is 535 g/mol. The Morgan fingerprint density at radius 1 is 0.947 bits per heavy atom. The van der Waals surface area contributed by atoms with Gasteiger partial charge in [-0.15, -0.1) is 0 Å². The fourth-order valence-electron chi connectivity index (χ4n) is 11.1. The van der Waals surface area contributed by atoms with Crippen LogP contribution in [0.3, 0.4) is 0 Å². The predicted octanol–water partition coefficient (Wildman–Crippen LogP) is 3.55. The van der Waals surface area contributed by atoms with Gasteiger partial charge in [0, 0.05) is 18.4 Å². The SMILES string of the molecule is CO[C@@H]1[C@@H](O)[C@H](C)O[C@@H](O[C@H]2CC[C@@]3(C)[C@@H](CC[C@H]4[C@H]3CC[C@]3(C)[C@H]5CC[C@]43O[C@@H]3OC(=O)C[C@@H]35)C2)[C@@H]1O. The van der Waals surface area contributed by atoms with E-state index in [1.807, 2.05) is 0 Å². The van der Waals surface area contributed by atoms with E-state index >= 15 is 0 Å². The molecule has 0 amide bonds. The largest absolute Gasteiger partial charge is 0.435 e. The number of hydrogen-bond acceptors (Lipinski definition) is 8. The van der Waals surface area contributed by atoms with Crippen molar-refractivity contribution in [2.75, 3.05) is 7.11 Å². The van der Waals surface area contributed by atoms with Gasteiger partial charge in [0.25, 0.3) is 0 Å². The van der Waals surface area contributed by atoms with Gasteiger partial charge >= 0.3 is 5.97 Å². The molecule has 0 aromatic carbocycles. The highest BCUT2D eigenvalue weighted by atomic mass is 16.7. The highest BCUT2D eigenvalue weighted by molar-refractivity contribution is 5.72. The van der Waals surface area contributed by atoms with E-state index in [-0.39, 0.29) is 40.7 Å². The maximum atomic E-state index is 12.2. The van der Waals surface area contributed by atoms with E-state index in [0.717, 1.165) is 44.9 Å². The highest BCUT2D eigenvalue weighted by Gasteiger charge is 2.74. The van der Waals surface area contributed by atoms with Gasteiger partial charge in [-0.05, 0) is 93.8 Å². The zero-order valence-electron chi connectivity index (χ0n) is 23.3. The average Bonchev–Trinajstić information content (AvgIpc) is 3.34. The number of hydrogen-bond donors (Lipinski definition) is 2. The molecule has 3 aliphatic heterocycles. The van der Waals surface area contributed by atoms with E-state index in [4.69, 9.17) is 23.7 Å². The summed E-state index contributed by atoms with van der Waals surface area (Å²) in [7, 11) is 1.50. The third-order valence-electron chi connectivity index (χ3n) is 13.1. The van der Waals surface area contributed by atoms with Crippen molar-refractivity contribution in [3.05, 3.63) is 0 Å². The first-order valence-electron chi connectivity index (χ1n) is 15.2. The predicted molar refractivity (Wildman–Crippen MR) is 136 cm³/mol. The molecule has 2 bridgehead atoms. The molecule has 3 heterocycles. The Morgan fingerprint density at radius 2 is 1.74 bits per heavy atom. The van der Waals surface area contributed by atoms with Crippen molar-refractivity contribution in [2.24, 2.45) is 40.4 Å². The first-order chi connectivity index (χ1) is 18.1. The zero-order chi connectivity index (χ0) is 26.6. The van der Waals surface area contributed by atoms with Gasteiger partial charge in [0.1, 0.15) is 18.3 Å². The summed E-state index contributed by atoms with van der Waals surface area (Å²) in [5.74, 6) is 2.36. The van der Waals surface area contributed by atoms with Crippen LogP contribution >= 0.6 is 0 Å². The standard InChI is InChI=1S/C30H46O8/c1-15-23(32)25(34-4)24(33)27(35-15)36-17-7-10-28(2)16(13-17)5-6-21-20(28)8-11-29(3)19-9-12-30(21,29)38-26-18(19)14-22(31)37-26/h15-21,23-27,32-33H,5-14H2,1-4H3/t15-,16-,17-,18+,19-,20+,21-,23-,24+,25+,26-,27-,28-,29+,30-/m0/s1. The number of rotatable bonds is 3. The highest BCUT2D eigenvalue weighted by Crippen LogP contribution is 2.74. The van der Waals surface area contributed by atoms with Crippen LogP contribution in [0.1, 0.15) is 85.0 Å². The maximum absolute atomic E-state index is 12.2. The van der Waals surface area contributed by atoms with E-state index < -0.39 is 30.7 Å². The van der Waals surface area contributed by atoms with E-state index in [1.165, 1.54) is 20.0 Å². The van der Waals surface area contributed by atoms with Gasteiger partial charge in [-0.25, -0.2) is 0 Å². The molecular formula is C30H46O8. The third-order valence-corrected chi connectivity index (χ3v) is 13.1. The molecule has 7 aliphatic rings. The number of carbonyl (C=O) groups excluding carboxylic acids is 1. The number of carbonyl (C=O) groups is 1. The third kappa shape index (κ3) is 3.40. The van der Waals surface area contributed by atoms with Crippen LogP contribution in [0.15, 0.2) is 0 Å². The van der Waals surface area contributed by atoms with Crippen molar-refractivity contribution < 1.29 is 38.7 Å². The Morgan fingerprint density at radius 3 is 2.53 bits per heavy atom. The van der Waals surface area contributed by atoms with Crippen LogP contribution in [0, 0.1) is 40.4 Å². The molecule has 3 saturated heterocycles. The van der Waals surface area contributed by atoms with Gasteiger partial charge in [0.05, 0.1) is 24.2 Å². The van der Waals surface area contributed by atoms with Crippen LogP contribution < -0.4 is 0 Å². The summed E-state index contributed by atoms with van der Waals surface area (Å²) in [5, 5.41) is 21.1. The van der Waals surface area contributed by atoms with Gasteiger partial charge in [-0.3, -0.25) is 4.79 Å². The van der Waals surface area contributed by atoms with E-state index in [2.05, 4.69) is 13.8 Å². The minimum Gasteiger partial charge on any atom is -0.435 e. The quantitative estimate of drug-likeness (QED) is 0.419. The molecule has 2 N–H and O–H groups in total. The molecule has 15 atom stereocenters. The van der Waals surface area contributed by atoms with Gasteiger partial charge in [-0.2, -0.15) is 0 Å². The summed E-state index contributed by atoms with van der Waals surface area (Å²) in [6, 6.07) is 0. The lowest BCUT2D eigenvalue weighted by Crippen LogP contribution is -2.67. The number of fused-ring (bicyclic) bond motifs is 5. The van der Waals surface area contributed by atoms with Gasteiger partial charge in [-0.1, -0.05) is 13.8 Å². The summed E-state index contributed by atoms with van der Waals surface area (Å²) in [6.07, 6.45) is 6.35. The van der Waals surface area contributed by atoms with Gasteiger partial charge in [0.15, 0.2) is 6.29 Å². The summed E-state index contributed by atoms with van der Waals surface area (Å²) >= 11 is 0. The van der Waals surface area contributed by atoms with Crippen LogP contribution in [0.5, 0.6) is 0 Å². The Balaban J connectivity index is 1.08. The molecule has 7 fully saturated rings. The van der Waals surface area contributed by atoms with Crippen molar-refractivity contribution in [3.8, 4) is 0 Å². The normalized spacial score (nSPS) is 59.4. The molecule has 0 unspecified atom stereocenters. The Bertz CT molecular complexity index is 959. The summed E-state index contributed by atoms with van der Waals surface area (Å²) in [5.41, 5.74) is 0.203. The molecule has 0 aromatic heterocycles. The lowest BCUT2D eigenvalue weighted by Gasteiger charge is -2.67. The maximum Gasteiger partial charge on any atom is 0.308 e. The summed E-state index contributed by atoms with van der Waals surface area (Å²) in [6.45, 7) is 6.78. The molecule has 4 aliphatic carbocycles. The second-order valence-electron chi connectivity index (χ2n) is 14.3. The number of esters is 1. The lowest BCUT2D eigenvalue weighted by molar-refractivity contribution is -0.327. The molecule has 0 aromatic rings. The van der Waals surface area contributed by atoms with Crippen molar-refractivity contribution in [1.29, 1.82) is 0 Å². The van der Waals surface area contributed by atoms with E-state index in [0.29, 0.717) is 30.1 Å². The van der Waals surface area contributed by atoms with Crippen molar-refractivity contribution >= 4 is 5.97 Å². The Kier molecular flexibility index (Phi) is 6.10. The van der Waals surface area contributed by atoms with Crippen LogP contribution in [-0.4, -0.2) is 72.0 Å². The molecule has 4 saturated carbocycles. The van der Waals surface area contributed by atoms with Crippen molar-refractivity contribution in [3.63, 3.8) is 0 Å². The zero-order valence-corrected chi connectivity index (χ0v) is 23.3. The molecule has 0 spiro atoms. The molecule has 38 heavy (non-hydrogen) atoms. The number of aliphatic hydroxyl groups excluding tert-OH is 2. The number of methoxy groups -OCH3 is 1. The molecule has 7 rings (SSSR count). The van der Waals surface area contributed by atoms with Crippen LogP contribution in [0.2, 0.25) is 0 Å². The Labute approximate surface area is 226 Å². The second-order valence-corrected chi connectivity index (χ2v) is 14.3. The Hall–Kier alpha value is -0.770. The van der Waals surface area contributed by atoms with Crippen LogP contribution in [0.25, 0.3) is 0 Å².